The van der Waals surface area contributed by atoms with E-state index in [1.54, 1.807) is 18.2 Å². The summed E-state index contributed by atoms with van der Waals surface area (Å²) in [6, 6.07) is 7.41. The third-order valence-electron chi connectivity index (χ3n) is 2.66. The minimum absolute atomic E-state index is 0.178. The fourth-order valence-corrected chi connectivity index (χ4v) is 2.90. The second-order valence-electron chi connectivity index (χ2n) is 3.92. The molecule has 0 bridgehead atoms. The molecule has 2 nitrogen and oxygen atoms in total. The first-order chi connectivity index (χ1) is 9.43. The standard InChI is InChI=1S/C14H8Br2ClFO2/c1-20-13-6-12(18)11(16)5-9(13)14(19)8-3-2-7(17)4-10(8)15/h2-6H,1H3. The second kappa shape index (κ2) is 6.24. The Kier molecular flexibility index (Phi) is 4.83. The summed E-state index contributed by atoms with van der Waals surface area (Å²) in [5.41, 5.74) is 0.690. The maximum atomic E-state index is 13.5. The van der Waals surface area contributed by atoms with Crippen LogP contribution in [0.4, 0.5) is 4.39 Å². The highest BCUT2D eigenvalue weighted by molar-refractivity contribution is 9.10. The van der Waals surface area contributed by atoms with Crippen molar-refractivity contribution in [1.29, 1.82) is 0 Å². The zero-order valence-corrected chi connectivity index (χ0v) is 14.1. The molecule has 0 aliphatic heterocycles. The van der Waals surface area contributed by atoms with Crippen molar-refractivity contribution < 1.29 is 13.9 Å². The van der Waals surface area contributed by atoms with Gasteiger partial charge in [-0.25, -0.2) is 4.39 Å². The highest BCUT2D eigenvalue weighted by atomic mass is 79.9. The number of ether oxygens (including phenoxy) is 1. The molecule has 0 saturated heterocycles. The van der Waals surface area contributed by atoms with E-state index in [0.717, 1.165) is 0 Å². The van der Waals surface area contributed by atoms with E-state index in [-0.39, 0.29) is 21.6 Å². The monoisotopic (exact) mass is 420 g/mol. The summed E-state index contributed by atoms with van der Waals surface area (Å²) in [7, 11) is 1.39. The minimum atomic E-state index is -0.492. The van der Waals surface area contributed by atoms with Crippen molar-refractivity contribution in [3.63, 3.8) is 0 Å². The molecule has 0 amide bonds. The van der Waals surface area contributed by atoms with Crippen molar-refractivity contribution in [2.45, 2.75) is 0 Å². The van der Waals surface area contributed by atoms with Crippen LogP contribution >= 0.6 is 43.5 Å². The van der Waals surface area contributed by atoms with Gasteiger partial charge in [-0.15, -0.1) is 0 Å². The summed E-state index contributed by atoms with van der Waals surface area (Å²) in [6.45, 7) is 0. The van der Waals surface area contributed by atoms with E-state index >= 15 is 0 Å². The number of benzene rings is 2. The fourth-order valence-electron chi connectivity index (χ4n) is 1.69. The molecule has 6 heteroatoms. The van der Waals surface area contributed by atoms with E-state index in [4.69, 9.17) is 16.3 Å². The number of carbonyl (C=O) groups is 1. The van der Waals surface area contributed by atoms with Crippen molar-refractivity contribution >= 4 is 49.2 Å². The quantitative estimate of drug-likeness (QED) is 0.632. The van der Waals surface area contributed by atoms with Gasteiger partial charge in [-0.1, -0.05) is 11.6 Å². The van der Waals surface area contributed by atoms with E-state index in [1.165, 1.54) is 19.2 Å². The van der Waals surface area contributed by atoms with E-state index < -0.39 is 5.82 Å². The lowest BCUT2D eigenvalue weighted by molar-refractivity contribution is 0.103. The normalized spacial score (nSPS) is 10.4. The van der Waals surface area contributed by atoms with Crippen molar-refractivity contribution in [3.8, 4) is 5.75 Å². The largest absolute Gasteiger partial charge is 0.496 e. The third-order valence-corrected chi connectivity index (χ3v) is 4.16. The summed E-state index contributed by atoms with van der Waals surface area (Å²) < 4.78 is 19.3. The lowest BCUT2D eigenvalue weighted by atomic mass is 10.0. The molecular weight excluding hydrogens is 414 g/mol. The number of ketones is 1. The van der Waals surface area contributed by atoms with Crippen LogP contribution < -0.4 is 4.74 Å². The molecule has 0 unspecified atom stereocenters. The van der Waals surface area contributed by atoms with Crippen LogP contribution in [0, 0.1) is 5.82 Å². The van der Waals surface area contributed by atoms with Crippen molar-refractivity contribution in [3.05, 3.63) is 61.2 Å². The van der Waals surface area contributed by atoms with Crippen LogP contribution in [0.2, 0.25) is 5.02 Å². The van der Waals surface area contributed by atoms with Gasteiger partial charge in [0.25, 0.3) is 0 Å². The van der Waals surface area contributed by atoms with Gasteiger partial charge < -0.3 is 4.74 Å². The van der Waals surface area contributed by atoms with Crippen molar-refractivity contribution in [2.24, 2.45) is 0 Å². The molecule has 0 fully saturated rings. The van der Waals surface area contributed by atoms with Crippen LogP contribution in [-0.4, -0.2) is 12.9 Å². The molecule has 0 aliphatic carbocycles. The number of halogens is 4. The second-order valence-corrected chi connectivity index (χ2v) is 6.07. The summed E-state index contributed by atoms with van der Waals surface area (Å²) in [6.07, 6.45) is 0. The first-order valence-electron chi connectivity index (χ1n) is 5.47. The van der Waals surface area contributed by atoms with Gasteiger partial charge in [-0.05, 0) is 56.1 Å². The van der Waals surface area contributed by atoms with Gasteiger partial charge in [0.15, 0.2) is 5.78 Å². The average molecular weight is 422 g/mol. The van der Waals surface area contributed by atoms with E-state index in [1.807, 2.05) is 0 Å². The molecule has 0 aromatic heterocycles. The molecule has 20 heavy (non-hydrogen) atoms. The van der Waals surface area contributed by atoms with Gasteiger partial charge in [-0.3, -0.25) is 4.79 Å². The maximum Gasteiger partial charge on any atom is 0.197 e. The zero-order chi connectivity index (χ0) is 14.9. The predicted octanol–water partition coefficient (Wildman–Crippen LogP) is 5.24. The summed E-state index contributed by atoms with van der Waals surface area (Å²) in [5.74, 6) is -0.600. The summed E-state index contributed by atoms with van der Waals surface area (Å²) in [5, 5.41) is 0.515. The minimum Gasteiger partial charge on any atom is -0.496 e. The maximum absolute atomic E-state index is 13.5. The molecule has 0 spiro atoms. The molecule has 0 N–H and O–H groups in total. The zero-order valence-electron chi connectivity index (χ0n) is 10.2. The summed E-state index contributed by atoms with van der Waals surface area (Å²) in [4.78, 5) is 12.5. The first-order valence-corrected chi connectivity index (χ1v) is 7.43. The average Bonchev–Trinajstić information content (AvgIpc) is 2.40. The molecule has 2 aromatic carbocycles. The Bertz CT molecular complexity index is 689. The van der Waals surface area contributed by atoms with Crippen LogP contribution in [0.3, 0.4) is 0 Å². The van der Waals surface area contributed by atoms with Crippen LogP contribution in [0.15, 0.2) is 39.3 Å². The molecule has 0 aliphatic rings. The van der Waals surface area contributed by atoms with Gasteiger partial charge in [-0.2, -0.15) is 0 Å². The Morgan fingerprint density at radius 1 is 1.15 bits per heavy atom. The number of hydrogen-bond acceptors (Lipinski definition) is 2. The highest BCUT2D eigenvalue weighted by Crippen LogP contribution is 2.31. The van der Waals surface area contributed by atoms with Gasteiger partial charge in [0.2, 0.25) is 0 Å². The number of hydrogen-bond donors (Lipinski definition) is 0. The molecule has 0 radical (unpaired) electrons. The van der Waals surface area contributed by atoms with Gasteiger partial charge in [0.1, 0.15) is 11.6 Å². The highest BCUT2D eigenvalue weighted by Gasteiger charge is 2.19. The molecule has 2 rings (SSSR count). The van der Waals surface area contributed by atoms with Crippen LogP contribution in [0.5, 0.6) is 5.75 Å². The number of carbonyl (C=O) groups excluding carboxylic acids is 1. The van der Waals surface area contributed by atoms with Crippen LogP contribution in [-0.2, 0) is 0 Å². The molecule has 0 atom stereocenters. The predicted molar refractivity (Wildman–Crippen MR) is 83.2 cm³/mol. The lowest BCUT2D eigenvalue weighted by Gasteiger charge is -2.10. The van der Waals surface area contributed by atoms with E-state index in [2.05, 4.69) is 31.9 Å². The Balaban J connectivity index is 2.55. The Labute approximate surface area is 137 Å². The lowest BCUT2D eigenvalue weighted by Crippen LogP contribution is -2.05. The third kappa shape index (κ3) is 3.05. The van der Waals surface area contributed by atoms with E-state index in [0.29, 0.717) is 15.1 Å². The SMILES string of the molecule is COc1cc(F)c(Br)cc1C(=O)c1ccc(Cl)cc1Br. The molecular formula is C14H8Br2ClFO2. The Morgan fingerprint density at radius 2 is 1.85 bits per heavy atom. The topological polar surface area (TPSA) is 26.3 Å². The van der Waals surface area contributed by atoms with Crippen molar-refractivity contribution in [1.82, 2.24) is 0 Å². The van der Waals surface area contributed by atoms with E-state index in [9.17, 15) is 9.18 Å². The van der Waals surface area contributed by atoms with Crippen molar-refractivity contribution in [2.75, 3.05) is 7.11 Å². The molecule has 2 aromatic rings. The first kappa shape index (κ1) is 15.5. The fraction of sp³-hybridized carbons (Fsp3) is 0.0714. The van der Waals surface area contributed by atoms with Crippen LogP contribution in [0.1, 0.15) is 15.9 Å². The van der Waals surface area contributed by atoms with Crippen LogP contribution in [0.25, 0.3) is 0 Å². The Morgan fingerprint density at radius 3 is 2.45 bits per heavy atom. The molecule has 0 heterocycles. The van der Waals surface area contributed by atoms with Gasteiger partial charge >= 0.3 is 0 Å². The molecule has 104 valence electrons. The Hall–Kier alpha value is -0.910. The van der Waals surface area contributed by atoms with Gasteiger partial charge in [0, 0.05) is 21.1 Å². The molecule has 0 saturated carbocycles. The number of rotatable bonds is 3. The number of methoxy groups -OCH3 is 1. The van der Waals surface area contributed by atoms with Gasteiger partial charge in [0.05, 0.1) is 17.1 Å². The smallest absolute Gasteiger partial charge is 0.197 e. The summed E-state index contributed by atoms with van der Waals surface area (Å²) >= 11 is 12.2.